The number of hydrogen-bond donors (Lipinski definition) is 1. The summed E-state index contributed by atoms with van der Waals surface area (Å²) in [5.41, 5.74) is -1.36. The van der Waals surface area contributed by atoms with E-state index in [1.54, 1.807) is 18.2 Å². The summed E-state index contributed by atoms with van der Waals surface area (Å²) in [6.07, 6.45) is 0. The lowest BCUT2D eigenvalue weighted by molar-refractivity contribution is -0.189. The van der Waals surface area contributed by atoms with Crippen LogP contribution in [-0.4, -0.2) is 23.3 Å². The van der Waals surface area contributed by atoms with Crippen molar-refractivity contribution in [2.24, 2.45) is 0 Å². The molecule has 0 radical (unpaired) electrons. The highest BCUT2D eigenvalue weighted by Gasteiger charge is 2.51. The molecule has 1 N–H and O–H groups in total. The van der Waals surface area contributed by atoms with Crippen molar-refractivity contribution >= 4 is 5.97 Å². The van der Waals surface area contributed by atoms with Crippen molar-refractivity contribution in [2.75, 3.05) is 6.61 Å². The molecule has 0 saturated heterocycles. The normalized spacial score (nSPS) is 23.0. The number of carboxylic acid groups (broad SMARTS) is 1. The van der Waals surface area contributed by atoms with Crippen molar-refractivity contribution < 1.29 is 19.4 Å². The van der Waals surface area contributed by atoms with Crippen LogP contribution in [0.2, 0.25) is 0 Å². The quantitative estimate of drug-likeness (QED) is 0.855. The lowest BCUT2D eigenvalue weighted by atomic mass is 9.94. The Kier molecular flexibility index (Phi) is 2.62. The maximum Gasteiger partial charge on any atom is 0.344 e. The van der Waals surface area contributed by atoms with Crippen molar-refractivity contribution in [1.29, 1.82) is 0 Å². The van der Waals surface area contributed by atoms with E-state index in [-0.39, 0.29) is 6.61 Å². The predicted molar refractivity (Wildman–Crippen MR) is 62.1 cm³/mol. The Morgan fingerprint density at radius 3 is 2.65 bits per heavy atom. The standard InChI is InChI=1S/C13H16O4/c1-12(2,3)17-13(11(14)15)8-16-10-7-5-4-6-9(10)13/h4-7H,8H2,1-3H3,(H,14,15). The van der Waals surface area contributed by atoms with Crippen LogP contribution in [0.5, 0.6) is 5.75 Å². The second-order valence-corrected chi connectivity index (χ2v) is 5.13. The molecule has 0 spiro atoms. The number of hydrogen-bond acceptors (Lipinski definition) is 3. The van der Waals surface area contributed by atoms with E-state index in [1.165, 1.54) is 0 Å². The molecule has 1 aliphatic rings. The van der Waals surface area contributed by atoms with Crippen LogP contribution in [0.25, 0.3) is 0 Å². The molecule has 1 heterocycles. The number of para-hydroxylation sites is 1. The van der Waals surface area contributed by atoms with Crippen LogP contribution < -0.4 is 4.74 Å². The predicted octanol–water partition coefficient (Wildman–Crippen LogP) is 2.17. The fourth-order valence-electron chi connectivity index (χ4n) is 2.01. The number of carbonyl (C=O) groups is 1. The number of carboxylic acids is 1. The minimum Gasteiger partial charge on any atom is -0.489 e. The number of ether oxygens (including phenoxy) is 2. The summed E-state index contributed by atoms with van der Waals surface area (Å²) in [4.78, 5) is 11.6. The highest BCUT2D eigenvalue weighted by Crippen LogP contribution is 2.42. The maximum atomic E-state index is 11.6. The number of benzene rings is 1. The van der Waals surface area contributed by atoms with Gasteiger partial charge in [-0.1, -0.05) is 18.2 Å². The van der Waals surface area contributed by atoms with Crippen LogP contribution in [-0.2, 0) is 15.1 Å². The first-order valence-corrected chi connectivity index (χ1v) is 5.51. The first-order chi connectivity index (χ1) is 7.85. The topological polar surface area (TPSA) is 55.8 Å². The lowest BCUT2D eigenvalue weighted by Gasteiger charge is -2.32. The van der Waals surface area contributed by atoms with E-state index in [0.29, 0.717) is 11.3 Å². The fourth-order valence-corrected chi connectivity index (χ4v) is 2.01. The van der Waals surface area contributed by atoms with E-state index >= 15 is 0 Å². The monoisotopic (exact) mass is 236 g/mol. The fraction of sp³-hybridized carbons (Fsp3) is 0.462. The highest BCUT2D eigenvalue weighted by atomic mass is 16.6. The molecule has 1 aromatic rings. The lowest BCUT2D eigenvalue weighted by Crippen LogP contribution is -2.45. The van der Waals surface area contributed by atoms with Crippen LogP contribution in [0.15, 0.2) is 24.3 Å². The molecule has 1 aromatic carbocycles. The van der Waals surface area contributed by atoms with Crippen molar-refractivity contribution in [3.8, 4) is 5.75 Å². The number of fused-ring (bicyclic) bond motifs is 1. The SMILES string of the molecule is CC(C)(C)OC1(C(=O)O)COc2ccccc21. The van der Waals surface area contributed by atoms with Crippen molar-refractivity contribution in [3.63, 3.8) is 0 Å². The second kappa shape index (κ2) is 3.74. The summed E-state index contributed by atoms with van der Waals surface area (Å²) < 4.78 is 11.2. The summed E-state index contributed by atoms with van der Waals surface area (Å²) in [6.45, 7) is 5.51. The van der Waals surface area contributed by atoms with Gasteiger partial charge in [-0.25, -0.2) is 4.79 Å². The molecule has 0 amide bonds. The summed E-state index contributed by atoms with van der Waals surface area (Å²) in [7, 11) is 0. The Bertz CT molecular complexity index is 447. The van der Waals surface area contributed by atoms with E-state index in [1.807, 2.05) is 26.8 Å². The third kappa shape index (κ3) is 2.00. The zero-order valence-corrected chi connectivity index (χ0v) is 10.2. The smallest absolute Gasteiger partial charge is 0.344 e. The van der Waals surface area contributed by atoms with Crippen LogP contribution in [0.4, 0.5) is 0 Å². The number of aliphatic carboxylic acids is 1. The molecule has 2 rings (SSSR count). The van der Waals surface area contributed by atoms with Gasteiger partial charge in [-0.3, -0.25) is 0 Å². The van der Waals surface area contributed by atoms with E-state index in [2.05, 4.69) is 0 Å². The molecule has 1 atom stereocenters. The van der Waals surface area contributed by atoms with Gasteiger partial charge in [0, 0.05) is 5.56 Å². The van der Waals surface area contributed by atoms with Gasteiger partial charge in [0.05, 0.1) is 5.60 Å². The molecule has 4 nitrogen and oxygen atoms in total. The molecule has 1 unspecified atom stereocenters. The molecule has 1 aliphatic heterocycles. The van der Waals surface area contributed by atoms with Gasteiger partial charge < -0.3 is 14.6 Å². The second-order valence-electron chi connectivity index (χ2n) is 5.13. The molecule has 0 bridgehead atoms. The minimum atomic E-state index is -1.39. The first-order valence-electron chi connectivity index (χ1n) is 5.51. The number of rotatable bonds is 2. The molecule has 0 fully saturated rings. The molecule has 92 valence electrons. The van der Waals surface area contributed by atoms with Gasteiger partial charge in [-0.2, -0.15) is 0 Å². The van der Waals surface area contributed by atoms with Crippen molar-refractivity contribution in [2.45, 2.75) is 32.0 Å². The van der Waals surface area contributed by atoms with Gasteiger partial charge in [-0.05, 0) is 26.8 Å². The summed E-state index contributed by atoms with van der Waals surface area (Å²) in [5.74, 6) is -0.434. The Morgan fingerprint density at radius 1 is 1.41 bits per heavy atom. The summed E-state index contributed by atoms with van der Waals surface area (Å²) in [6, 6.07) is 7.10. The molecule has 4 heteroatoms. The van der Waals surface area contributed by atoms with Gasteiger partial charge in [0.1, 0.15) is 12.4 Å². The highest BCUT2D eigenvalue weighted by molar-refractivity contribution is 5.82. The molecule has 0 saturated carbocycles. The van der Waals surface area contributed by atoms with Crippen LogP contribution >= 0.6 is 0 Å². The summed E-state index contributed by atoms with van der Waals surface area (Å²) >= 11 is 0. The van der Waals surface area contributed by atoms with E-state index in [9.17, 15) is 9.90 Å². The Labute approximate surface area is 100 Å². The van der Waals surface area contributed by atoms with Gasteiger partial charge in [0.2, 0.25) is 5.60 Å². The average Bonchev–Trinajstić information content (AvgIpc) is 2.57. The van der Waals surface area contributed by atoms with Gasteiger partial charge >= 0.3 is 5.97 Å². The molecule has 0 aromatic heterocycles. The van der Waals surface area contributed by atoms with Crippen LogP contribution in [0, 0.1) is 0 Å². The zero-order chi connectivity index (χ0) is 12.7. The third-order valence-electron chi connectivity index (χ3n) is 2.58. The van der Waals surface area contributed by atoms with Crippen LogP contribution in [0.1, 0.15) is 26.3 Å². The third-order valence-corrected chi connectivity index (χ3v) is 2.58. The first kappa shape index (κ1) is 11.9. The van der Waals surface area contributed by atoms with Crippen LogP contribution in [0.3, 0.4) is 0 Å². The maximum absolute atomic E-state index is 11.6. The minimum absolute atomic E-state index is 0.0128. The largest absolute Gasteiger partial charge is 0.489 e. The molecular formula is C13H16O4. The Hall–Kier alpha value is -1.55. The average molecular weight is 236 g/mol. The van der Waals surface area contributed by atoms with E-state index in [0.717, 1.165) is 0 Å². The van der Waals surface area contributed by atoms with Gasteiger partial charge in [0.25, 0.3) is 0 Å². The Morgan fingerprint density at radius 2 is 2.06 bits per heavy atom. The molecule has 17 heavy (non-hydrogen) atoms. The molecular weight excluding hydrogens is 220 g/mol. The van der Waals surface area contributed by atoms with Gasteiger partial charge in [-0.15, -0.1) is 0 Å². The van der Waals surface area contributed by atoms with Crippen molar-refractivity contribution in [3.05, 3.63) is 29.8 Å². The summed E-state index contributed by atoms with van der Waals surface area (Å²) in [5, 5.41) is 9.47. The molecule has 0 aliphatic carbocycles. The van der Waals surface area contributed by atoms with E-state index < -0.39 is 17.2 Å². The van der Waals surface area contributed by atoms with Crippen molar-refractivity contribution in [1.82, 2.24) is 0 Å². The van der Waals surface area contributed by atoms with Gasteiger partial charge in [0.15, 0.2) is 0 Å². The Balaban J connectivity index is 2.49. The zero-order valence-electron chi connectivity index (χ0n) is 10.2. The van der Waals surface area contributed by atoms with E-state index in [4.69, 9.17) is 9.47 Å².